The van der Waals surface area contributed by atoms with Gasteiger partial charge in [-0.05, 0) is 25.0 Å². The van der Waals surface area contributed by atoms with Crippen molar-refractivity contribution in [3.63, 3.8) is 0 Å². The molecule has 0 radical (unpaired) electrons. The molecule has 1 fully saturated rings. The van der Waals surface area contributed by atoms with E-state index in [1.54, 1.807) is 0 Å². The van der Waals surface area contributed by atoms with E-state index in [2.05, 4.69) is 45.5 Å². The second-order valence-electron chi connectivity index (χ2n) is 6.35. The molecule has 130 valence electrons. The van der Waals surface area contributed by atoms with Gasteiger partial charge in [0.1, 0.15) is 11.5 Å². The summed E-state index contributed by atoms with van der Waals surface area (Å²) in [6.07, 6.45) is 0.961. The molecule has 0 atom stereocenters. The van der Waals surface area contributed by atoms with E-state index in [1.165, 1.54) is 5.56 Å². The van der Waals surface area contributed by atoms with Gasteiger partial charge in [0.15, 0.2) is 0 Å². The number of fused-ring (bicyclic) bond motifs is 1. The molecule has 2 N–H and O–H groups in total. The van der Waals surface area contributed by atoms with Crippen LogP contribution in [0.15, 0.2) is 36.4 Å². The van der Waals surface area contributed by atoms with Crippen molar-refractivity contribution in [2.24, 2.45) is 0 Å². The maximum absolute atomic E-state index is 5.44. The van der Waals surface area contributed by atoms with Crippen molar-refractivity contribution in [1.82, 2.24) is 15.0 Å². The van der Waals surface area contributed by atoms with Crippen LogP contribution < -0.4 is 10.2 Å². The fourth-order valence-electron chi connectivity index (χ4n) is 3.14. The van der Waals surface area contributed by atoms with Gasteiger partial charge in [-0.25, -0.2) is 0 Å². The Morgan fingerprint density at radius 1 is 1.16 bits per heavy atom. The fourth-order valence-corrected chi connectivity index (χ4v) is 3.14. The normalized spacial score (nSPS) is 14.8. The first-order valence-corrected chi connectivity index (χ1v) is 8.77. The number of aryl methyl sites for hydroxylation is 1. The number of ether oxygens (including phenoxy) is 1. The maximum atomic E-state index is 5.44. The number of hydrogen-bond acceptors (Lipinski definition) is 5. The van der Waals surface area contributed by atoms with Gasteiger partial charge in [0.25, 0.3) is 0 Å². The van der Waals surface area contributed by atoms with Gasteiger partial charge in [-0.1, -0.05) is 30.3 Å². The highest BCUT2D eigenvalue weighted by Crippen LogP contribution is 2.24. The van der Waals surface area contributed by atoms with Crippen LogP contribution in [0.2, 0.25) is 0 Å². The zero-order valence-electron chi connectivity index (χ0n) is 14.5. The van der Waals surface area contributed by atoms with Crippen molar-refractivity contribution >= 4 is 22.8 Å². The Labute approximate surface area is 147 Å². The molecule has 4 rings (SSSR count). The van der Waals surface area contributed by atoms with Crippen LogP contribution in [-0.2, 0) is 11.2 Å². The van der Waals surface area contributed by atoms with E-state index in [-0.39, 0.29) is 0 Å². The number of morpholine rings is 1. The van der Waals surface area contributed by atoms with Crippen LogP contribution in [-0.4, -0.2) is 47.8 Å². The Morgan fingerprint density at radius 2 is 1.96 bits per heavy atom. The molecule has 0 unspecified atom stereocenters. The van der Waals surface area contributed by atoms with Crippen molar-refractivity contribution in [1.29, 1.82) is 0 Å². The number of nitrogens with zero attached hydrogens (tertiary/aromatic N) is 3. The topological polar surface area (TPSA) is 66.1 Å². The first-order valence-electron chi connectivity index (χ1n) is 8.77. The summed E-state index contributed by atoms with van der Waals surface area (Å²) in [5, 5.41) is 4.54. The largest absolute Gasteiger partial charge is 0.378 e. The first-order chi connectivity index (χ1) is 12.3. The Kier molecular flexibility index (Phi) is 4.52. The molecule has 1 saturated heterocycles. The monoisotopic (exact) mass is 337 g/mol. The fraction of sp³-hybridized carbons (Fsp3) is 0.368. The number of hydrogen-bond donors (Lipinski definition) is 2. The zero-order valence-corrected chi connectivity index (χ0v) is 14.5. The van der Waals surface area contributed by atoms with Crippen molar-refractivity contribution in [3.8, 4) is 0 Å². The van der Waals surface area contributed by atoms with Crippen LogP contribution in [0.1, 0.15) is 11.3 Å². The van der Waals surface area contributed by atoms with Crippen molar-refractivity contribution < 1.29 is 4.74 Å². The number of nitrogens with one attached hydrogen (secondary N) is 2. The average molecular weight is 337 g/mol. The third-order valence-corrected chi connectivity index (χ3v) is 4.45. The highest BCUT2D eigenvalue weighted by atomic mass is 16.5. The van der Waals surface area contributed by atoms with Crippen LogP contribution in [0.4, 0.5) is 11.8 Å². The van der Waals surface area contributed by atoms with Crippen LogP contribution in [0.25, 0.3) is 11.0 Å². The quantitative estimate of drug-likeness (QED) is 0.749. The average Bonchev–Trinajstić information content (AvgIpc) is 3.03. The third kappa shape index (κ3) is 3.58. The van der Waals surface area contributed by atoms with Gasteiger partial charge in [0, 0.05) is 25.3 Å². The van der Waals surface area contributed by atoms with Crippen molar-refractivity contribution in [2.45, 2.75) is 13.3 Å². The summed E-state index contributed by atoms with van der Waals surface area (Å²) >= 11 is 0. The summed E-state index contributed by atoms with van der Waals surface area (Å²) in [4.78, 5) is 15.0. The molecular formula is C19H23N5O. The molecule has 1 aromatic carbocycles. The highest BCUT2D eigenvalue weighted by molar-refractivity contribution is 5.89. The molecule has 1 aliphatic rings. The molecule has 0 saturated carbocycles. The predicted molar refractivity (Wildman–Crippen MR) is 100 cm³/mol. The number of H-pyrrole nitrogens is 1. The lowest BCUT2D eigenvalue weighted by Crippen LogP contribution is -2.37. The van der Waals surface area contributed by atoms with E-state index in [4.69, 9.17) is 14.7 Å². The summed E-state index contributed by atoms with van der Waals surface area (Å²) < 4.78 is 5.44. The molecule has 0 aliphatic carbocycles. The lowest BCUT2D eigenvalue weighted by atomic mass is 10.1. The smallest absolute Gasteiger partial charge is 0.229 e. The second-order valence-corrected chi connectivity index (χ2v) is 6.35. The molecule has 6 nitrogen and oxygen atoms in total. The van der Waals surface area contributed by atoms with E-state index in [0.717, 1.165) is 67.8 Å². The molecule has 0 spiro atoms. The molecule has 3 heterocycles. The maximum Gasteiger partial charge on any atom is 0.229 e. The van der Waals surface area contributed by atoms with E-state index < -0.39 is 0 Å². The molecule has 6 heteroatoms. The summed E-state index contributed by atoms with van der Waals surface area (Å²) in [6, 6.07) is 12.6. The molecular weight excluding hydrogens is 314 g/mol. The van der Waals surface area contributed by atoms with Crippen molar-refractivity contribution in [3.05, 3.63) is 47.7 Å². The van der Waals surface area contributed by atoms with Gasteiger partial charge < -0.3 is 19.9 Å². The Bertz CT molecular complexity index is 840. The van der Waals surface area contributed by atoms with Gasteiger partial charge in [-0.2, -0.15) is 9.97 Å². The van der Waals surface area contributed by atoms with Crippen LogP contribution >= 0.6 is 0 Å². The molecule has 25 heavy (non-hydrogen) atoms. The minimum atomic E-state index is 0.724. The van der Waals surface area contributed by atoms with Crippen LogP contribution in [0, 0.1) is 6.92 Å². The standard InChI is InChI=1S/C19H23N5O/c1-14-13-16-17(20-8-7-15-5-3-2-4-6-15)22-19(23-18(16)21-14)24-9-11-25-12-10-24/h2-6,13H,7-12H2,1H3,(H2,20,21,22,23). The van der Waals surface area contributed by atoms with Gasteiger partial charge in [-0.3, -0.25) is 0 Å². The van der Waals surface area contributed by atoms with Gasteiger partial charge in [-0.15, -0.1) is 0 Å². The summed E-state index contributed by atoms with van der Waals surface area (Å²) in [5.41, 5.74) is 3.30. The first kappa shape index (κ1) is 15.9. The molecule has 0 bridgehead atoms. The highest BCUT2D eigenvalue weighted by Gasteiger charge is 2.17. The van der Waals surface area contributed by atoms with E-state index >= 15 is 0 Å². The molecule has 2 aromatic heterocycles. The number of rotatable bonds is 5. The molecule has 0 amide bonds. The van der Waals surface area contributed by atoms with Crippen LogP contribution in [0.5, 0.6) is 0 Å². The Balaban J connectivity index is 1.57. The Morgan fingerprint density at radius 3 is 2.76 bits per heavy atom. The van der Waals surface area contributed by atoms with E-state index in [9.17, 15) is 0 Å². The van der Waals surface area contributed by atoms with E-state index in [0.29, 0.717) is 0 Å². The third-order valence-electron chi connectivity index (χ3n) is 4.45. The summed E-state index contributed by atoms with van der Waals surface area (Å²) in [6.45, 7) is 5.99. The predicted octanol–water partition coefficient (Wildman–Crippen LogP) is 2.76. The summed E-state index contributed by atoms with van der Waals surface area (Å²) in [7, 11) is 0. The minimum Gasteiger partial charge on any atom is -0.378 e. The number of aromatic nitrogens is 3. The molecule has 3 aromatic rings. The van der Waals surface area contributed by atoms with E-state index in [1.807, 2.05) is 13.0 Å². The van der Waals surface area contributed by atoms with Crippen LogP contribution in [0.3, 0.4) is 0 Å². The lowest BCUT2D eigenvalue weighted by Gasteiger charge is -2.27. The number of aromatic amines is 1. The molecule has 1 aliphatic heterocycles. The number of benzene rings is 1. The Hall–Kier alpha value is -2.60. The second kappa shape index (κ2) is 7.11. The minimum absolute atomic E-state index is 0.724. The van der Waals surface area contributed by atoms with Gasteiger partial charge >= 0.3 is 0 Å². The lowest BCUT2D eigenvalue weighted by molar-refractivity contribution is 0.122. The van der Waals surface area contributed by atoms with Gasteiger partial charge in [0.2, 0.25) is 5.95 Å². The van der Waals surface area contributed by atoms with Gasteiger partial charge in [0.05, 0.1) is 18.6 Å². The van der Waals surface area contributed by atoms with Crippen molar-refractivity contribution in [2.75, 3.05) is 43.1 Å². The number of anilines is 2. The zero-order chi connectivity index (χ0) is 17.1. The summed E-state index contributed by atoms with van der Waals surface area (Å²) in [5.74, 6) is 1.66. The SMILES string of the molecule is Cc1cc2c(NCCc3ccccc3)nc(N3CCOCC3)nc2[nH]1.